The smallest absolute Gasteiger partial charge is 0.147 e. The molecule has 1 N–H and O–H groups in total. The highest BCUT2D eigenvalue weighted by atomic mass is 16.5. The van der Waals surface area contributed by atoms with Gasteiger partial charge in [-0.25, -0.2) is 0 Å². The molecule has 2 heterocycles. The third kappa shape index (κ3) is 2.03. The summed E-state index contributed by atoms with van der Waals surface area (Å²) in [5, 5.41) is 3.43. The Balaban J connectivity index is 2.13. The monoisotopic (exact) mass is 275 g/mol. The Hall–Kier alpha value is -1.42. The molecule has 1 aromatic rings. The van der Waals surface area contributed by atoms with Gasteiger partial charge in [-0.05, 0) is 31.9 Å². The van der Waals surface area contributed by atoms with Crippen molar-refractivity contribution in [2.45, 2.75) is 20.8 Å². The third-order valence-corrected chi connectivity index (χ3v) is 4.67. The average Bonchev–Trinajstić information content (AvgIpc) is 2.46. The highest BCUT2D eigenvalue weighted by molar-refractivity contribution is 5.78. The van der Waals surface area contributed by atoms with Crippen LogP contribution in [0.2, 0.25) is 0 Å². The predicted molar refractivity (Wildman–Crippen MR) is 84.5 cm³/mol. The summed E-state index contributed by atoms with van der Waals surface area (Å²) >= 11 is 0. The van der Waals surface area contributed by atoms with E-state index in [-0.39, 0.29) is 0 Å². The standard InChI is InChI=1S/C16H25N3O/c1-11-12(2)15-16(20-10-9-18(15)4)13(3)14(11)19-7-5-17-6-8-19/h17H,5-10H2,1-4H3. The number of likely N-dealkylation sites (N-methyl/N-ethyl adjacent to an activating group) is 1. The van der Waals surface area contributed by atoms with Crippen molar-refractivity contribution < 1.29 is 4.74 Å². The number of nitrogens with zero attached hydrogens (tertiary/aromatic N) is 2. The average molecular weight is 275 g/mol. The molecular weight excluding hydrogens is 250 g/mol. The van der Waals surface area contributed by atoms with Gasteiger partial charge in [0.05, 0.1) is 12.2 Å². The zero-order valence-corrected chi connectivity index (χ0v) is 13.0. The molecule has 20 heavy (non-hydrogen) atoms. The van der Waals surface area contributed by atoms with Crippen LogP contribution in [0.4, 0.5) is 11.4 Å². The van der Waals surface area contributed by atoms with Crippen molar-refractivity contribution >= 4 is 11.4 Å². The number of ether oxygens (including phenoxy) is 1. The second kappa shape index (κ2) is 5.17. The molecule has 2 aliphatic rings. The highest BCUT2D eigenvalue weighted by Gasteiger charge is 2.26. The lowest BCUT2D eigenvalue weighted by molar-refractivity contribution is 0.308. The molecule has 0 amide bonds. The summed E-state index contributed by atoms with van der Waals surface area (Å²) in [5.74, 6) is 1.09. The van der Waals surface area contributed by atoms with Gasteiger partial charge in [0.25, 0.3) is 0 Å². The molecule has 4 heteroatoms. The van der Waals surface area contributed by atoms with E-state index in [2.05, 4.69) is 42.9 Å². The van der Waals surface area contributed by atoms with Crippen molar-refractivity contribution in [2.24, 2.45) is 0 Å². The molecule has 1 aromatic carbocycles. The number of nitrogens with one attached hydrogen (secondary N) is 1. The van der Waals surface area contributed by atoms with Crippen LogP contribution >= 0.6 is 0 Å². The molecule has 0 bridgehead atoms. The van der Waals surface area contributed by atoms with Gasteiger partial charge in [-0.2, -0.15) is 0 Å². The van der Waals surface area contributed by atoms with Gasteiger partial charge in [-0.3, -0.25) is 0 Å². The van der Waals surface area contributed by atoms with E-state index in [1.807, 2.05) is 0 Å². The van der Waals surface area contributed by atoms with Gasteiger partial charge < -0.3 is 19.9 Å². The van der Waals surface area contributed by atoms with E-state index in [1.54, 1.807) is 0 Å². The number of benzene rings is 1. The molecule has 0 atom stereocenters. The summed E-state index contributed by atoms with van der Waals surface area (Å²) in [6.07, 6.45) is 0. The number of hydrogen-bond donors (Lipinski definition) is 1. The Bertz CT molecular complexity index is 521. The summed E-state index contributed by atoms with van der Waals surface area (Å²) in [7, 11) is 2.16. The molecular formula is C16H25N3O. The first kappa shape index (κ1) is 13.6. The molecule has 0 radical (unpaired) electrons. The molecule has 0 aliphatic carbocycles. The fraction of sp³-hybridized carbons (Fsp3) is 0.625. The van der Waals surface area contributed by atoms with E-state index in [0.29, 0.717) is 0 Å². The van der Waals surface area contributed by atoms with Crippen molar-refractivity contribution in [3.8, 4) is 5.75 Å². The predicted octanol–water partition coefficient (Wildman–Crippen LogP) is 1.85. The summed E-state index contributed by atoms with van der Waals surface area (Å²) in [6, 6.07) is 0. The molecule has 2 aliphatic heterocycles. The number of fused-ring (bicyclic) bond motifs is 1. The number of piperazine rings is 1. The Morgan fingerprint density at radius 1 is 0.900 bits per heavy atom. The Morgan fingerprint density at radius 2 is 1.55 bits per heavy atom. The summed E-state index contributed by atoms with van der Waals surface area (Å²) < 4.78 is 6.01. The van der Waals surface area contributed by atoms with Gasteiger partial charge in [0.15, 0.2) is 0 Å². The van der Waals surface area contributed by atoms with E-state index < -0.39 is 0 Å². The van der Waals surface area contributed by atoms with Gasteiger partial charge in [0.1, 0.15) is 12.4 Å². The van der Waals surface area contributed by atoms with Crippen molar-refractivity contribution in [1.29, 1.82) is 0 Å². The van der Waals surface area contributed by atoms with Crippen molar-refractivity contribution in [3.63, 3.8) is 0 Å². The zero-order chi connectivity index (χ0) is 14.3. The number of anilines is 2. The van der Waals surface area contributed by atoms with Crippen LogP contribution in [0, 0.1) is 20.8 Å². The molecule has 4 nitrogen and oxygen atoms in total. The summed E-state index contributed by atoms with van der Waals surface area (Å²) in [5.41, 5.74) is 6.74. The maximum Gasteiger partial charge on any atom is 0.147 e. The Morgan fingerprint density at radius 3 is 2.25 bits per heavy atom. The van der Waals surface area contributed by atoms with Crippen LogP contribution in [0.15, 0.2) is 0 Å². The first-order valence-electron chi connectivity index (χ1n) is 7.54. The highest BCUT2D eigenvalue weighted by Crippen LogP contribution is 2.44. The van der Waals surface area contributed by atoms with Crippen molar-refractivity contribution in [2.75, 3.05) is 56.2 Å². The van der Waals surface area contributed by atoms with E-state index in [9.17, 15) is 0 Å². The van der Waals surface area contributed by atoms with Gasteiger partial charge in [-0.15, -0.1) is 0 Å². The fourth-order valence-electron chi connectivity index (χ4n) is 3.49. The van der Waals surface area contributed by atoms with E-state index in [0.717, 1.165) is 45.1 Å². The van der Waals surface area contributed by atoms with Crippen molar-refractivity contribution in [1.82, 2.24) is 5.32 Å². The van der Waals surface area contributed by atoms with Gasteiger partial charge in [0.2, 0.25) is 0 Å². The van der Waals surface area contributed by atoms with E-state index in [1.165, 1.54) is 28.1 Å². The number of rotatable bonds is 1. The molecule has 3 rings (SSSR count). The first-order chi connectivity index (χ1) is 9.61. The van der Waals surface area contributed by atoms with E-state index in [4.69, 9.17) is 4.74 Å². The second-order valence-electron chi connectivity index (χ2n) is 5.91. The largest absolute Gasteiger partial charge is 0.489 e. The SMILES string of the molecule is Cc1c(C)c(N2CCNCC2)c(C)c2c1N(C)CCO2. The van der Waals surface area contributed by atoms with Crippen LogP contribution < -0.4 is 19.9 Å². The molecule has 0 aromatic heterocycles. The van der Waals surface area contributed by atoms with Gasteiger partial charge in [0, 0.05) is 44.5 Å². The molecule has 1 fully saturated rings. The maximum atomic E-state index is 6.01. The lowest BCUT2D eigenvalue weighted by atomic mass is 9.97. The van der Waals surface area contributed by atoms with Crippen LogP contribution in [-0.2, 0) is 0 Å². The van der Waals surface area contributed by atoms with Crippen LogP contribution in [-0.4, -0.2) is 46.4 Å². The second-order valence-corrected chi connectivity index (χ2v) is 5.91. The van der Waals surface area contributed by atoms with Crippen molar-refractivity contribution in [3.05, 3.63) is 16.7 Å². The lowest BCUT2D eigenvalue weighted by Gasteiger charge is -2.37. The van der Waals surface area contributed by atoms with Gasteiger partial charge >= 0.3 is 0 Å². The van der Waals surface area contributed by atoms with Crippen LogP contribution in [0.1, 0.15) is 16.7 Å². The quantitative estimate of drug-likeness (QED) is 0.846. The summed E-state index contributed by atoms with van der Waals surface area (Å²) in [4.78, 5) is 4.84. The Labute approximate surface area is 121 Å². The fourth-order valence-corrected chi connectivity index (χ4v) is 3.49. The Kier molecular flexibility index (Phi) is 3.50. The van der Waals surface area contributed by atoms with Crippen LogP contribution in [0.25, 0.3) is 0 Å². The molecule has 0 spiro atoms. The zero-order valence-electron chi connectivity index (χ0n) is 13.0. The third-order valence-electron chi connectivity index (χ3n) is 4.67. The minimum absolute atomic E-state index is 0.786. The molecule has 1 saturated heterocycles. The van der Waals surface area contributed by atoms with Crippen LogP contribution in [0.5, 0.6) is 5.75 Å². The molecule has 0 unspecified atom stereocenters. The number of hydrogen-bond acceptors (Lipinski definition) is 4. The maximum absolute atomic E-state index is 6.01. The molecule has 0 saturated carbocycles. The lowest BCUT2D eigenvalue weighted by Crippen LogP contribution is -2.44. The van der Waals surface area contributed by atoms with E-state index >= 15 is 0 Å². The summed E-state index contributed by atoms with van der Waals surface area (Å²) in [6.45, 7) is 12.7. The van der Waals surface area contributed by atoms with Gasteiger partial charge in [-0.1, -0.05) is 0 Å². The topological polar surface area (TPSA) is 27.7 Å². The van der Waals surface area contributed by atoms with Crippen LogP contribution in [0.3, 0.4) is 0 Å². The molecule has 110 valence electrons. The minimum Gasteiger partial charge on any atom is -0.489 e. The first-order valence-corrected chi connectivity index (χ1v) is 7.54. The normalized spacial score (nSPS) is 18.8. The minimum atomic E-state index is 0.786.